The van der Waals surface area contributed by atoms with E-state index in [4.69, 9.17) is 32.7 Å². The molecule has 3 unspecified atom stereocenters. The van der Waals surface area contributed by atoms with Crippen LogP contribution in [0.25, 0.3) is 0 Å². The van der Waals surface area contributed by atoms with E-state index in [1.165, 1.54) is 12.1 Å². The number of ether oxygens (including phenoxy) is 2. The summed E-state index contributed by atoms with van der Waals surface area (Å²) in [7, 11) is 3.41. The third kappa shape index (κ3) is 2.83. The maximum absolute atomic E-state index is 11.0. The molecule has 6 nitrogen and oxygen atoms in total. The van der Waals surface area contributed by atoms with Crippen molar-refractivity contribution in [2.45, 2.75) is 24.7 Å². The second kappa shape index (κ2) is 6.13. The zero-order valence-corrected chi connectivity index (χ0v) is 12.4. The molecule has 1 saturated carbocycles. The number of benzene rings is 1. The average molecular weight is 321 g/mol. The number of nitro groups is 1. The lowest BCUT2D eigenvalue weighted by Gasteiger charge is -2.42. The van der Waals surface area contributed by atoms with Crippen LogP contribution in [-0.2, 0) is 4.74 Å². The largest absolute Gasteiger partial charge is 0.481 e. The van der Waals surface area contributed by atoms with Crippen LogP contribution < -0.4 is 10.1 Å². The summed E-state index contributed by atoms with van der Waals surface area (Å²) in [6, 6.07) is 2.73. The molecule has 3 atom stereocenters. The SMILES string of the molecule is CNC1CC(Oc2cc(Cl)c(Cl)cc2[N+](=O)[O-])C1OC. The van der Waals surface area contributed by atoms with Crippen molar-refractivity contribution in [3.8, 4) is 5.75 Å². The van der Waals surface area contributed by atoms with E-state index in [1.54, 1.807) is 7.11 Å². The molecule has 1 aromatic rings. The van der Waals surface area contributed by atoms with Crippen LogP contribution in [-0.4, -0.2) is 37.3 Å². The summed E-state index contributed by atoms with van der Waals surface area (Å²) in [6.45, 7) is 0. The van der Waals surface area contributed by atoms with E-state index in [2.05, 4.69) is 5.32 Å². The number of rotatable bonds is 5. The first-order valence-corrected chi connectivity index (χ1v) is 6.73. The predicted octanol–water partition coefficient (Wildman–Crippen LogP) is 2.66. The van der Waals surface area contributed by atoms with E-state index in [9.17, 15) is 10.1 Å². The Balaban J connectivity index is 2.21. The minimum Gasteiger partial charge on any atom is -0.481 e. The van der Waals surface area contributed by atoms with Crippen LogP contribution >= 0.6 is 23.2 Å². The van der Waals surface area contributed by atoms with Gasteiger partial charge in [-0.25, -0.2) is 0 Å². The summed E-state index contributed by atoms with van der Waals surface area (Å²) in [5.74, 6) is 0.103. The molecule has 8 heteroatoms. The second-order valence-corrected chi connectivity index (χ2v) is 5.29. The number of nitrogens with one attached hydrogen (secondary N) is 1. The molecule has 1 aliphatic rings. The molecule has 110 valence electrons. The van der Waals surface area contributed by atoms with Crippen LogP contribution in [0.4, 0.5) is 5.69 Å². The molecule has 1 aliphatic carbocycles. The van der Waals surface area contributed by atoms with Crippen LogP contribution in [0.2, 0.25) is 10.0 Å². The smallest absolute Gasteiger partial charge is 0.312 e. The number of hydrogen-bond donors (Lipinski definition) is 1. The molecule has 0 bridgehead atoms. The maximum Gasteiger partial charge on any atom is 0.312 e. The van der Waals surface area contributed by atoms with Gasteiger partial charge in [0.1, 0.15) is 12.2 Å². The molecule has 0 spiro atoms. The summed E-state index contributed by atoms with van der Waals surface area (Å²) < 4.78 is 11.0. The van der Waals surface area contributed by atoms with Gasteiger partial charge >= 0.3 is 5.69 Å². The Bertz CT molecular complexity index is 526. The van der Waals surface area contributed by atoms with Gasteiger partial charge in [-0.15, -0.1) is 0 Å². The van der Waals surface area contributed by atoms with Crippen LogP contribution in [0.3, 0.4) is 0 Å². The maximum atomic E-state index is 11.0. The first-order chi connectivity index (χ1) is 9.47. The Kier molecular flexibility index (Phi) is 4.70. The van der Waals surface area contributed by atoms with E-state index < -0.39 is 4.92 Å². The average Bonchev–Trinajstić information content (AvgIpc) is 2.37. The molecular formula is C12H14Cl2N2O4. The minimum absolute atomic E-state index is 0.103. The molecule has 1 fully saturated rings. The fourth-order valence-corrected chi connectivity index (χ4v) is 2.52. The Morgan fingerprint density at radius 3 is 2.60 bits per heavy atom. The third-order valence-corrected chi connectivity index (χ3v) is 4.09. The molecule has 0 aliphatic heterocycles. The van der Waals surface area contributed by atoms with Crippen molar-refractivity contribution in [1.82, 2.24) is 5.32 Å². The second-order valence-electron chi connectivity index (χ2n) is 4.48. The van der Waals surface area contributed by atoms with E-state index in [1.807, 2.05) is 7.05 Å². The first kappa shape index (κ1) is 15.3. The highest BCUT2D eigenvalue weighted by Gasteiger charge is 2.43. The molecule has 0 radical (unpaired) electrons. The monoisotopic (exact) mass is 320 g/mol. The van der Waals surface area contributed by atoms with Crippen molar-refractivity contribution in [3.63, 3.8) is 0 Å². The van der Waals surface area contributed by atoms with E-state index in [0.29, 0.717) is 6.42 Å². The van der Waals surface area contributed by atoms with Crippen molar-refractivity contribution >= 4 is 28.9 Å². The molecule has 0 aromatic heterocycles. The number of nitro benzene ring substituents is 1. The van der Waals surface area contributed by atoms with Gasteiger partial charge in [-0.3, -0.25) is 10.1 Å². The lowest BCUT2D eigenvalue weighted by atomic mass is 9.85. The van der Waals surface area contributed by atoms with E-state index >= 15 is 0 Å². The third-order valence-electron chi connectivity index (χ3n) is 3.37. The van der Waals surface area contributed by atoms with Gasteiger partial charge < -0.3 is 14.8 Å². The van der Waals surface area contributed by atoms with Crippen LogP contribution in [0, 0.1) is 10.1 Å². The number of hydrogen-bond acceptors (Lipinski definition) is 5. The molecule has 1 aromatic carbocycles. The lowest BCUT2D eigenvalue weighted by Crippen LogP contribution is -2.60. The van der Waals surface area contributed by atoms with Gasteiger partial charge in [0.15, 0.2) is 5.75 Å². The Hall–Kier alpha value is -1.08. The van der Waals surface area contributed by atoms with Gasteiger partial charge in [-0.05, 0) is 7.05 Å². The van der Waals surface area contributed by atoms with Crippen LogP contribution in [0.1, 0.15) is 6.42 Å². The highest BCUT2D eigenvalue weighted by molar-refractivity contribution is 6.42. The van der Waals surface area contributed by atoms with Gasteiger partial charge in [0.05, 0.1) is 15.0 Å². The summed E-state index contributed by atoms with van der Waals surface area (Å²) in [5.41, 5.74) is -0.206. The van der Waals surface area contributed by atoms with Gasteiger partial charge in [-0.1, -0.05) is 23.2 Å². The standard InChI is InChI=1S/C12H14Cl2N2O4/c1-15-8-5-11(12(8)19-2)20-10-4-7(14)6(13)3-9(10)16(17)18/h3-4,8,11-12,15H,5H2,1-2H3. The van der Waals surface area contributed by atoms with Crippen molar-refractivity contribution < 1.29 is 14.4 Å². The predicted molar refractivity (Wildman–Crippen MR) is 75.8 cm³/mol. The van der Waals surface area contributed by atoms with E-state index in [-0.39, 0.29) is 39.7 Å². The zero-order chi connectivity index (χ0) is 14.9. The minimum atomic E-state index is -0.548. The fourth-order valence-electron chi connectivity index (χ4n) is 2.21. The number of methoxy groups -OCH3 is 1. The highest BCUT2D eigenvalue weighted by atomic mass is 35.5. The summed E-state index contributed by atoms with van der Waals surface area (Å²) in [4.78, 5) is 10.5. The number of likely N-dealkylation sites (N-methyl/N-ethyl adjacent to an activating group) is 1. The molecule has 20 heavy (non-hydrogen) atoms. The van der Waals surface area contributed by atoms with E-state index in [0.717, 1.165) is 0 Å². The molecular weight excluding hydrogens is 307 g/mol. The van der Waals surface area contributed by atoms with Crippen molar-refractivity contribution in [3.05, 3.63) is 32.3 Å². The quantitative estimate of drug-likeness (QED) is 0.667. The molecule has 0 saturated heterocycles. The highest BCUT2D eigenvalue weighted by Crippen LogP contribution is 2.38. The zero-order valence-electron chi connectivity index (χ0n) is 10.9. The topological polar surface area (TPSA) is 73.6 Å². The number of halogens is 2. The van der Waals surface area contributed by atoms with Crippen LogP contribution in [0.15, 0.2) is 12.1 Å². The molecule has 0 amide bonds. The first-order valence-electron chi connectivity index (χ1n) is 5.98. The van der Waals surface area contributed by atoms with Crippen molar-refractivity contribution in [2.75, 3.05) is 14.2 Å². The van der Waals surface area contributed by atoms with Gasteiger partial charge in [0, 0.05) is 31.7 Å². The lowest BCUT2D eigenvalue weighted by molar-refractivity contribution is -0.386. The van der Waals surface area contributed by atoms with Gasteiger partial charge in [-0.2, -0.15) is 0 Å². The molecule has 0 heterocycles. The van der Waals surface area contributed by atoms with Gasteiger partial charge in [0.2, 0.25) is 0 Å². The number of nitrogens with zero attached hydrogens (tertiary/aromatic N) is 1. The molecule has 2 rings (SSSR count). The Labute approximate surface area is 126 Å². The Morgan fingerprint density at radius 2 is 2.05 bits per heavy atom. The van der Waals surface area contributed by atoms with Crippen LogP contribution in [0.5, 0.6) is 5.75 Å². The summed E-state index contributed by atoms with van der Waals surface area (Å²) >= 11 is 11.7. The van der Waals surface area contributed by atoms with Crippen molar-refractivity contribution in [1.29, 1.82) is 0 Å². The Morgan fingerprint density at radius 1 is 1.40 bits per heavy atom. The fraction of sp³-hybridized carbons (Fsp3) is 0.500. The summed E-state index contributed by atoms with van der Waals surface area (Å²) in [6.07, 6.45) is 0.286. The normalized spacial score (nSPS) is 25.1. The summed E-state index contributed by atoms with van der Waals surface area (Å²) in [5, 5.41) is 14.4. The van der Waals surface area contributed by atoms with Gasteiger partial charge in [0.25, 0.3) is 0 Å². The molecule has 1 N–H and O–H groups in total. The van der Waals surface area contributed by atoms with Crippen molar-refractivity contribution in [2.24, 2.45) is 0 Å².